The first-order valence-electron chi connectivity index (χ1n) is 4.12. The standard InChI is InChI=1S/C8H19P/c1-3-5-7-9-8-6-4-2/h9H,3-8H2,1-2H3/p+1. The predicted molar refractivity (Wildman–Crippen MR) is 49.0 cm³/mol. The van der Waals surface area contributed by atoms with E-state index in [-0.39, 0.29) is 1.43 Å². The summed E-state index contributed by atoms with van der Waals surface area (Å²) in [6, 6.07) is 0. The molecule has 0 saturated heterocycles. The number of rotatable bonds is 6. The van der Waals surface area contributed by atoms with Gasteiger partial charge in [0.2, 0.25) is 0 Å². The Bertz CT molecular complexity index is 42.5. The summed E-state index contributed by atoms with van der Waals surface area (Å²) in [7, 11) is 1.25. The second-order valence-corrected chi connectivity index (χ2v) is 3.96. The van der Waals surface area contributed by atoms with E-state index in [2.05, 4.69) is 13.8 Å². The van der Waals surface area contributed by atoms with Crippen LogP contribution in [0.2, 0.25) is 0 Å². The second-order valence-electron chi connectivity index (χ2n) is 2.46. The average Bonchev–Trinajstić information content (AvgIpc) is 1.89. The van der Waals surface area contributed by atoms with Crippen LogP contribution in [-0.4, -0.2) is 12.3 Å². The monoisotopic (exact) mass is 147 g/mol. The molecule has 0 aromatic rings. The Balaban J connectivity index is 0. The zero-order valence-electron chi connectivity index (χ0n) is 7.74. The number of hydrogen-bond donors (Lipinski definition) is 0. The average molecular weight is 147 g/mol. The van der Waals surface area contributed by atoms with Crippen molar-refractivity contribution in [3.8, 4) is 0 Å². The molecular formula is C8H20P+. The van der Waals surface area contributed by atoms with E-state index < -0.39 is 0 Å². The van der Waals surface area contributed by atoms with E-state index in [0.717, 1.165) is 0 Å². The van der Waals surface area contributed by atoms with Crippen molar-refractivity contribution in [1.29, 1.82) is 0 Å². The molecule has 0 bridgehead atoms. The number of unbranched alkanes of at least 4 members (excludes halogenated alkanes) is 2. The summed E-state index contributed by atoms with van der Waals surface area (Å²) in [4.78, 5) is 0. The van der Waals surface area contributed by atoms with Gasteiger partial charge in [-0.25, -0.2) is 0 Å². The van der Waals surface area contributed by atoms with Crippen LogP contribution in [0.3, 0.4) is 0 Å². The molecule has 0 N–H and O–H groups in total. The molecule has 0 aliphatic carbocycles. The molecule has 0 atom stereocenters. The minimum absolute atomic E-state index is 0. The highest BCUT2D eigenvalue weighted by Crippen LogP contribution is 2.14. The molecule has 0 fully saturated rings. The van der Waals surface area contributed by atoms with Crippen LogP contribution in [0.15, 0.2) is 0 Å². The summed E-state index contributed by atoms with van der Waals surface area (Å²) in [5.41, 5.74) is 0. The fourth-order valence-corrected chi connectivity index (χ4v) is 2.19. The van der Waals surface area contributed by atoms with Crippen LogP contribution < -0.4 is 0 Å². The van der Waals surface area contributed by atoms with Crippen LogP contribution in [0.25, 0.3) is 0 Å². The third-order valence-electron chi connectivity index (χ3n) is 1.41. The molecule has 56 valence electrons. The summed E-state index contributed by atoms with van der Waals surface area (Å²) in [6.45, 7) is 4.54. The Kier molecular flexibility index (Phi) is 8.83. The van der Waals surface area contributed by atoms with Crippen LogP contribution in [0.1, 0.15) is 41.0 Å². The van der Waals surface area contributed by atoms with Gasteiger partial charge in [-0.3, -0.25) is 0 Å². The van der Waals surface area contributed by atoms with Crippen molar-refractivity contribution in [2.75, 3.05) is 12.3 Å². The van der Waals surface area contributed by atoms with Crippen LogP contribution in [0.4, 0.5) is 0 Å². The van der Waals surface area contributed by atoms with E-state index in [9.17, 15) is 0 Å². The molecule has 0 heterocycles. The molecule has 0 aliphatic heterocycles. The molecule has 0 aromatic heterocycles. The summed E-state index contributed by atoms with van der Waals surface area (Å²) in [6.07, 6.45) is 8.61. The van der Waals surface area contributed by atoms with Gasteiger partial charge >= 0.3 is 1.43 Å². The normalized spacial score (nSPS) is 10.0. The van der Waals surface area contributed by atoms with Gasteiger partial charge < -0.3 is 0 Å². The molecule has 0 nitrogen and oxygen atoms in total. The minimum atomic E-state index is 0. The van der Waals surface area contributed by atoms with E-state index in [4.69, 9.17) is 0 Å². The molecule has 0 spiro atoms. The molecule has 0 aromatic carbocycles. The topological polar surface area (TPSA) is 0 Å². The van der Waals surface area contributed by atoms with Crippen molar-refractivity contribution in [3.05, 3.63) is 0 Å². The summed E-state index contributed by atoms with van der Waals surface area (Å²) >= 11 is 0. The summed E-state index contributed by atoms with van der Waals surface area (Å²) in [5, 5.41) is 0. The lowest BCUT2D eigenvalue weighted by atomic mass is 10.4. The highest BCUT2D eigenvalue weighted by atomic mass is 31.1. The lowest BCUT2D eigenvalue weighted by Crippen LogP contribution is -1.78. The molecule has 9 heavy (non-hydrogen) atoms. The smallest absolute Gasteiger partial charge is 0.122 e. The Morgan fingerprint density at radius 2 is 1.44 bits per heavy atom. The fraction of sp³-hybridized carbons (Fsp3) is 1.00. The van der Waals surface area contributed by atoms with Crippen molar-refractivity contribution in [3.63, 3.8) is 0 Å². The van der Waals surface area contributed by atoms with Crippen LogP contribution in [0, 0.1) is 0 Å². The van der Waals surface area contributed by atoms with Crippen molar-refractivity contribution in [2.24, 2.45) is 0 Å². The van der Waals surface area contributed by atoms with Crippen molar-refractivity contribution in [1.82, 2.24) is 0 Å². The van der Waals surface area contributed by atoms with Crippen LogP contribution >= 0.6 is 8.58 Å². The predicted octanol–water partition coefficient (Wildman–Crippen LogP) is 3.38. The maximum atomic E-state index is 2.27. The van der Waals surface area contributed by atoms with Gasteiger partial charge in [-0.1, -0.05) is 26.7 Å². The maximum absolute atomic E-state index is 2.27. The quantitative estimate of drug-likeness (QED) is 0.399. The van der Waals surface area contributed by atoms with E-state index in [1.807, 2.05) is 0 Å². The zero-order chi connectivity index (χ0) is 6.95. The first-order chi connectivity index (χ1) is 4.41. The van der Waals surface area contributed by atoms with E-state index in [0.29, 0.717) is 0 Å². The van der Waals surface area contributed by atoms with Gasteiger partial charge in [0.25, 0.3) is 0 Å². The van der Waals surface area contributed by atoms with Gasteiger partial charge in [0.05, 0.1) is 0 Å². The minimum Gasteiger partial charge on any atom is -0.122 e. The van der Waals surface area contributed by atoms with Gasteiger partial charge in [0, 0.05) is 0 Å². The summed E-state index contributed by atoms with van der Waals surface area (Å²) < 4.78 is 0. The fourth-order valence-electron chi connectivity index (χ4n) is 0.729. The zero-order valence-corrected chi connectivity index (χ0v) is 7.74. The van der Waals surface area contributed by atoms with Gasteiger partial charge in [0.1, 0.15) is 0 Å². The largest absolute Gasteiger partial charge is 1.00 e. The van der Waals surface area contributed by atoms with Crippen molar-refractivity contribution < 1.29 is 1.43 Å². The van der Waals surface area contributed by atoms with Crippen LogP contribution in [-0.2, 0) is 0 Å². The molecule has 0 aliphatic rings. The van der Waals surface area contributed by atoms with Gasteiger partial charge in [-0.15, -0.1) is 8.58 Å². The van der Waals surface area contributed by atoms with Gasteiger partial charge in [-0.05, 0) is 25.2 Å². The van der Waals surface area contributed by atoms with Gasteiger partial charge in [-0.2, -0.15) is 0 Å². The molecule has 1 heteroatoms. The first kappa shape index (κ1) is 9.43. The van der Waals surface area contributed by atoms with E-state index in [1.54, 1.807) is 0 Å². The lowest BCUT2D eigenvalue weighted by Gasteiger charge is -1.96. The number of hydrogen-bond acceptors (Lipinski definition) is 0. The summed E-state index contributed by atoms with van der Waals surface area (Å²) in [5.74, 6) is 0. The SMILES string of the molecule is CCCCPCCCC.[H+]. The maximum Gasteiger partial charge on any atom is 1.00 e. The Labute approximate surface area is 62.7 Å². The Hall–Kier alpha value is 0.430. The second kappa shape index (κ2) is 8.43. The van der Waals surface area contributed by atoms with E-state index in [1.165, 1.54) is 46.6 Å². The van der Waals surface area contributed by atoms with E-state index >= 15 is 0 Å². The van der Waals surface area contributed by atoms with Gasteiger partial charge in [0.15, 0.2) is 0 Å². The molecule has 0 unspecified atom stereocenters. The Morgan fingerprint density at radius 3 is 1.78 bits per heavy atom. The highest BCUT2D eigenvalue weighted by molar-refractivity contribution is 7.37. The molecule has 0 amide bonds. The third-order valence-corrected chi connectivity index (χ3v) is 2.83. The van der Waals surface area contributed by atoms with Crippen molar-refractivity contribution in [2.45, 2.75) is 39.5 Å². The molecule has 0 saturated carbocycles. The third kappa shape index (κ3) is 8.43. The molecule has 0 radical (unpaired) electrons. The Morgan fingerprint density at radius 1 is 1.00 bits per heavy atom. The van der Waals surface area contributed by atoms with Crippen LogP contribution in [0.5, 0.6) is 0 Å². The molecule has 0 rings (SSSR count). The first-order valence-corrected chi connectivity index (χ1v) is 5.54. The highest BCUT2D eigenvalue weighted by Gasteiger charge is 1.85. The lowest BCUT2D eigenvalue weighted by molar-refractivity contribution is 0.874. The van der Waals surface area contributed by atoms with Crippen molar-refractivity contribution >= 4 is 8.58 Å². The molecular weight excluding hydrogens is 127 g/mol.